The average molecular weight is 434 g/mol. The Kier molecular flexibility index (Phi) is 5.80. The zero-order valence-electron chi connectivity index (χ0n) is 18.9. The molecule has 5 nitrogen and oxygen atoms in total. The van der Waals surface area contributed by atoms with Crippen molar-refractivity contribution in [2.75, 3.05) is 20.8 Å². The van der Waals surface area contributed by atoms with Crippen LogP contribution in [0.5, 0.6) is 11.5 Å². The molecule has 0 radical (unpaired) electrons. The average Bonchev–Trinajstić information content (AvgIpc) is 2.87. The summed E-state index contributed by atoms with van der Waals surface area (Å²) in [5, 5.41) is 24.4. The Morgan fingerprint density at radius 2 is 1.50 bits per heavy atom. The number of aliphatic hydroxyl groups is 2. The first-order chi connectivity index (χ1) is 15.7. The molecule has 0 amide bonds. The third kappa shape index (κ3) is 3.45. The van der Waals surface area contributed by atoms with Crippen molar-refractivity contribution in [3.63, 3.8) is 0 Å². The predicted molar refractivity (Wildman–Crippen MR) is 127 cm³/mol. The molecule has 5 rings (SSSR count). The minimum Gasteiger partial charge on any atom is -0.496 e. The van der Waals surface area contributed by atoms with Gasteiger partial charge in [0.15, 0.2) is 0 Å². The smallest absolute Gasteiger partial charge is 0.125 e. The van der Waals surface area contributed by atoms with E-state index in [-0.39, 0.29) is 13.2 Å². The third-order valence-corrected chi connectivity index (χ3v) is 7.19. The summed E-state index contributed by atoms with van der Waals surface area (Å²) in [5.41, 5.74) is 4.22. The van der Waals surface area contributed by atoms with E-state index in [0.29, 0.717) is 11.8 Å². The Morgan fingerprint density at radius 1 is 0.875 bits per heavy atom. The van der Waals surface area contributed by atoms with E-state index in [0.717, 1.165) is 47.2 Å². The van der Waals surface area contributed by atoms with Gasteiger partial charge in [-0.05, 0) is 82.6 Å². The SMILES string of the molecule is COc1cc2c3c(c4cc(OC)c(CO)cc4c2cc1CO)CN(C1C=CCCC1)CC3. The second-order valence-electron chi connectivity index (χ2n) is 8.84. The highest BCUT2D eigenvalue weighted by Gasteiger charge is 2.27. The fourth-order valence-electron chi connectivity index (χ4n) is 5.53. The number of ether oxygens (including phenoxy) is 2. The summed E-state index contributed by atoms with van der Waals surface area (Å²) in [6.07, 6.45) is 9.31. The first-order valence-electron chi connectivity index (χ1n) is 11.5. The van der Waals surface area contributed by atoms with Gasteiger partial charge in [0, 0.05) is 30.3 Å². The molecule has 0 saturated carbocycles. The molecule has 168 valence electrons. The van der Waals surface area contributed by atoms with Gasteiger partial charge in [0.1, 0.15) is 11.5 Å². The van der Waals surface area contributed by atoms with E-state index in [1.165, 1.54) is 41.2 Å². The lowest BCUT2D eigenvalue weighted by Gasteiger charge is -2.36. The zero-order chi connectivity index (χ0) is 22.2. The van der Waals surface area contributed by atoms with E-state index >= 15 is 0 Å². The first kappa shape index (κ1) is 21.3. The Bertz CT molecular complexity index is 1200. The highest BCUT2D eigenvalue weighted by Crippen LogP contribution is 2.42. The number of benzene rings is 3. The summed E-state index contributed by atoms with van der Waals surface area (Å²) in [6, 6.07) is 8.75. The zero-order valence-corrected chi connectivity index (χ0v) is 18.9. The molecule has 0 spiro atoms. The van der Waals surface area contributed by atoms with Crippen molar-refractivity contribution in [2.45, 2.75) is 51.5 Å². The van der Waals surface area contributed by atoms with Crippen molar-refractivity contribution >= 4 is 21.5 Å². The summed E-state index contributed by atoms with van der Waals surface area (Å²) in [6.45, 7) is 1.75. The Hall–Kier alpha value is -2.60. The molecular weight excluding hydrogens is 402 g/mol. The predicted octanol–water partition coefficient (Wildman–Crippen LogP) is 4.46. The number of fused-ring (bicyclic) bond motifs is 6. The van der Waals surface area contributed by atoms with Crippen LogP contribution in [0.25, 0.3) is 21.5 Å². The molecule has 0 fully saturated rings. The maximum absolute atomic E-state index is 9.96. The summed E-state index contributed by atoms with van der Waals surface area (Å²) < 4.78 is 11.2. The van der Waals surface area contributed by atoms with Crippen molar-refractivity contribution in [3.05, 3.63) is 58.7 Å². The van der Waals surface area contributed by atoms with Crippen molar-refractivity contribution in [3.8, 4) is 11.5 Å². The van der Waals surface area contributed by atoms with E-state index < -0.39 is 0 Å². The molecule has 3 aromatic rings. The molecular formula is C27H31NO4. The van der Waals surface area contributed by atoms with Crippen molar-refractivity contribution < 1.29 is 19.7 Å². The van der Waals surface area contributed by atoms with Crippen LogP contribution in [-0.2, 0) is 26.2 Å². The molecule has 1 atom stereocenters. The number of hydrogen-bond acceptors (Lipinski definition) is 5. The van der Waals surface area contributed by atoms with Gasteiger partial charge in [-0.2, -0.15) is 0 Å². The fourth-order valence-corrected chi connectivity index (χ4v) is 5.53. The van der Waals surface area contributed by atoms with Crippen LogP contribution in [0.4, 0.5) is 0 Å². The van der Waals surface area contributed by atoms with E-state index in [4.69, 9.17) is 9.47 Å². The van der Waals surface area contributed by atoms with Crippen LogP contribution in [0.2, 0.25) is 0 Å². The van der Waals surface area contributed by atoms with Gasteiger partial charge in [-0.25, -0.2) is 0 Å². The first-order valence-corrected chi connectivity index (χ1v) is 11.5. The lowest BCUT2D eigenvalue weighted by atomic mass is 9.85. The van der Waals surface area contributed by atoms with Crippen LogP contribution < -0.4 is 9.47 Å². The van der Waals surface area contributed by atoms with Gasteiger partial charge in [-0.15, -0.1) is 0 Å². The Balaban J connectivity index is 1.79. The van der Waals surface area contributed by atoms with Crippen molar-refractivity contribution in [1.82, 2.24) is 4.90 Å². The molecule has 1 aliphatic carbocycles. The number of aliphatic hydroxyl groups excluding tert-OH is 2. The Morgan fingerprint density at radius 3 is 2.03 bits per heavy atom. The lowest BCUT2D eigenvalue weighted by molar-refractivity contribution is 0.197. The molecule has 32 heavy (non-hydrogen) atoms. The number of allylic oxidation sites excluding steroid dienone is 1. The third-order valence-electron chi connectivity index (χ3n) is 7.19. The lowest BCUT2D eigenvalue weighted by Crippen LogP contribution is -2.39. The number of rotatable bonds is 5. The van der Waals surface area contributed by atoms with Gasteiger partial charge in [-0.3, -0.25) is 4.90 Å². The van der Waals surface area contributed by atoms with Crippen LogP contribution in [0, 0.1) is 0 Å². The molecule has 5 heteroatoms. The number of hydrogen-bond donors (Lipinski definition) is 2. The highest BCUT2D eigenvalue weighted by molar-refractivity contribution is 6.12. The highest BCUT2D eigenvalue weighted by atomic mass is 16.5. The summed E-state index contributed by atoms with van der Waals surface area (Å²) in [4.78, 5) is 2.59. The second kappa shape index (κ2) is 8.74. The van der Waals surface area contributed by atoms with E-state index in [2.05, 4.69) is 29.2 Å². The molecule has 0 aromatic heterocycles. The van der Waals surface area contributed by atoms with E-state index in [1.807, 2.05) is 12.1 Å². The van der Waals surface area contributed by atoms with Crippen molar-refractivity contribution in [2.24, 2.45) is 0 Å². The van der Waals surface area contributed by atoms with Crippen LogP contribution in [0.1, 0.15) is 41.5 Å². The second-order valence-corrected chi connectivity index (χ2v) is 8.84. The largest absolute Gasteiger partial charge is 0.496 e. The van der Waals surface area contributed by atoms with Gasteiger partial charge < -0.3 is 19.7 Å². The normalized spacial score (nSPS) is 18.8. The van der Waals surface area contributed by atoms with Crippen LogP contribution in [-0.4, -0.2) is 41.9 Å². The number of nitrogens with zero attached hydrogens (tertiary/aromatic N) is 1. The quantitative estimate of drug-likeness (QED) is 0.459. The molecule has 1 heterocycles. The minimum absolute atomic E-state index is 0.0809. The van der Waals surface area contributed by atoms with Gasteiger partial charge in [0.25, 0.3) is 0 Å². The molecule has 1 unspecified atom stereocenters. The summed E-state index contributed by atoms with van der Waals surface area (Å²) >= 11 is 0. The maximum atomic E-state index is 9.96. The maximum Gasteiger partial charge on any atom is 0.125 e. The summed E-state index contributed by atoms with van der Waals surface area (Å²) in [7, 11) is 3.31. The Labute approximate surface area is 188 Å². The monoisotopic (exact) mass is 433 g/mol. The van der Waals surface area contributed by atoms with Crippen LogP contribution in [0.3, 0.4) is 0 Å². The van der Waals surface area contributed by atoms with Crippen molar-refractivity contribution in [1.29, 1.82) is 0 Å². The van der Waals surface area contributed by atoms with Crippen LogP contribution >= 0.6 is 0 Å². The van der Waals surface area contributed by atoms with Gasteiger partial charge in [0.2, 0.25) is 0 Å². The molecule has 3 aromatic carbocycles. The van der Waals surface area contributed by atoms with Gasteiger partial charge in [0.05, 0.1) is 27.4 Å². The van der Waals surface area contributed by atoms with E-state index in [1.54, 1.807) is 14.2 Å². The molecule has 1 aliphatic heterocycles. The van der Waals surface area contributed by atoms with E-state index in [9.17, 15) is 10.2 Å². The topological polar surface area (TPSA) is 62.2 Å². The minimum atomic E-state index is -0.0836. The van der Waals surface area contributed by atoms with Gasteiger partial charge in [-0.1, -0.05) is 12.2 Å². The molecule has 2 N–H and O–H groups in total. The number of methoxy groups -OCH3 is 2. The molecule has 2 aliphatic rings. The summed E-state index contributed by atoms with van der Waals surface area (Å²) in [5.74, 6) is 1.43. The van der Waals surface area contributed by atoms with Gasteiger partial charge >= 0.3 is 0 Å². The fraction of sp³-hybridized carbons (Fsp3) is 0.407. The standard InChI is InChI=1S/C27H31NO4/c1-31-26-12-23-20-8-9-28(19-6-4-3-5-7-19)14-25(20)24-13-27(32-2)18(16-30)11-22(24)21(23)10-17(26)15-29/h4,6,10-13,19,29-30H,3,5,7-9,14-16H2,1-2H3. The molecule has 0 saturated heterocycles. The van der Waals surface area contributed by atoms with Crippen LogP contribution in [0.15, 0.2) is 36.4 Å². The molecule has 0 bridgehead atoms.